The van der Waals surface area contributed by atoms with Crippen molar-refractivity contribution < 1.29 is 24.5 Å². The van der Waals surface area contributed by atoms with Crippen LogP contribution in [0.4, 0.5) is 0 Å². The van der Waals surface area contributed by atoms with Gasteiger partial charge in [-0.15, -0.1) is 0 Å². The zero-order valence-electron chi connectivity index (χ0n) is 18.9. The van der Waals surface area contributed by atoms with Crippen molar-refractivity contribution in [2.75, 3.05) is 26.2 Å². The molecule has 0 aliphatic rings. The van der Waals surface area contributed by atoms with Gasteiger partial charge in [-0.05, 0) is 74.5 Å². The van der Waals surface area contributed by atoms with Crippen LogP contribution in [0.2, 0.25) is 0 Å². The minimum atomic E-state index is -1.82. The third kappa shape index (κ3) is 11.9. The fraction of sp³-hybridized carbons (Fsp3) is 0.440. The molecule has 0 fully saturated rings. The summed E-state index contributed by atoms with van der Waals surface area (Å²) in [4.78, 5) is 20.8. The molecular formula is C25H34BrNO5. The number of carbonyl (C=O) groups is 2. The number of benzene rings is 2. The number of ether oxygens (including phenoxy) is 1. The molecule has 0 saturated heterocycles. The van der Waals surface area contributed by atoms with E-state index in [4.69, 9.17) is 24.5 Å². The standard InChI is InChI=1S/C23H32BrNO.C2H2O4/c1-3-15-25(16-4-2)17-14-21-19-22(24)12-13-23(21)26-18-8-11-20-9-6-5-7-10-20;3-1(4)2(5)6/h5-7,9-10,12-13,19H,3-4,8,11,14-18H2,1-2H3;(H,3,4)(H,5,6). The summed E-state index contributed by atoms with van der Waals surface area (Å²) < 4.78 is 7.25. The third-order valence-corrected chi connectivity index (χ3v) is 5.19. The average molecular weight is 508 g/mol. The Labute approximate surface area is 199 Å². The van der Waals surface area contributed by atoms with E-state index >= 15 is 0 Å². The van der Waals surface area contributed by atoms with Gasteiger partial charge in [-0.2, -0.15) is 0 Å². The van der Waals surface area contributed by atoms with Gasteiger partial charge in [0.1, 0.15) is 5.75 Å². The first kappa shape index (κ1) is 27.7. The lowest BCUT2D eigenvalue weighted by Gasteiger charge is -2.21. The van der Waals surface area contributed by atoms with Gasteiger partial charge >= 0.3 is 11.9 Å². The van der Waals surface area contributed by atoms with Crippen molar-refractivity contribution in [3.05, 3.63) is 64.1 Å². The van der Waals surface area contributed by atoms with E-state index in [1.807, 2.05) is 0 Å². The minimum Gasteiger partial charge on any atom is -0.493 e. The topological polar surface area (TPSA) is 87.1 Å². The third-order valence-electron chi connectivity index (χ3n) is 4.69. The van der Waals surface area contributed by atoms with Gasteiger partial charge in [-0.1, -0.05) is 60.1 Å². The van der Waals surface area contributed by atoms with Gasteiger partial charge in [0.15, 0.2) is 0 Å². The number of aliphatic carboxylic acids is 2. The van der Waals surface area contributed by atoms with E-state index in [1.165, 1.54) is 37.1 Å². The Hall–Kier alpha value is -2.38. The maximum atomic E-state index is 9.10. The molecule has 176 valence electrons. The summed E-state index contributed by atoms with van der Waals surface area (Å²) in [5.74, 6) is -2.61. The number of carboxylic acids is 2. The SMILES string of the molecule is CCCN(CCC)CCc1cc(Br)ccc1OCCCc1ccccc1.O=C(O)C(=O)O. The van der Waals surface area contributed by atoms with E-state index in [1.54, 1.807) is 0 Å². The number of hydrogen-bond donors (Lipinski definition) is 2. The van der Waals surface area contributed by atoms with E-state index < -0.39 is 11.9 Å². The van der Waals surface area contributed by atoms with Crippen LogP contribution in [0.15, 0.2) is 53.0 Å². The molecule has 0 radical (unpaired) electrons. The summed E-state index contributed by atoms with van der Waals surface area (Å²) in [5, 5.41) is 14.8. The number of aryl methyl sites for hydroxylation is 1. The highest BCUT2D eigenvalue weighted by Gasteiger charge is 2.09. The lowest BCUT2D eigenvalue weighted by atomic mass is 10.1. The van der Waals surface area contributed by atoms with Crippen molar-refractivity contribution in [3.8, 4) is 5.75 Å². The normalized spacial score (nSPS) is 10.4. The van der Waals surface area contributed by atoms with E-state index in [0.29, 0.717) is 0 Å². The second kappa shape index (κ2) is 16.3. The molecule has 2 aromatic rings. The minimum absolute atomic E-state index is 0.761. The molecule has 2 N–H and O–H groups in total. The van der Waals surface area contributed by atoms with Crippen LogP contribution in [0, 0.1) is 0 Å². The zero-order chi connectivity index (χ0) is 23.8. The van der Waals surface area contributed by atoms with Crippen LogP contribution >= 0.6 is 15.9 Å². The fourth-order valence-electron chi connectivity index (χ4n) is 3.23. The van der Waals surface area contributed by atoms with E-state index in [9.17, 15) is 0 Å². The van der Waals surface area contributed by atoms with Gasteiger partial charge in [-0.3, -0.25) is 0 Å². The lowest BCUT2D eigenvalue weighted by molar-refractivity contribution is -0.159. The monoisotopic (exact) mass is 507 g/mol. The number of rotatable bonds is 12. The highest BCUT2D eigenvalue weighted by molar-refractivity contribution is 9.10. The molecule has 0 saturated carbocycles. The van der Waals surface area contributed by atoms with Crippen molar-refractivity contribution in [2.45, 2.75) is 46.0 Å². The lowest BCUT2D eigenvalue weighted by Crippen LogP contribution is -2.27. The Bertz CT molecular complexity index is 795. The molecule has 0 unspecified atom stereocenters. The van der Waals surface area contributed by atoms with E-state index in [-0.39, 0.29) is 0 Å². The Kier molecular flexibility index (Phi) is 14.1. The van der Waals surface area contributed by atoms with Crippen LogP contribution in [0.5, 0.6) is 5.75 Å². The van der Waals surface area contributed by atoms with Crippen molar-refractivity contribution >= 4 is 27.9 Å². The summed E-state index contributed by atoms with van der Waals surface area (Å²) in [5.41, 5.74) is 2.68. The fourth-order valence-corrected chi connectivity index (χ4v) is 3.64. The number of hydrogen-bond acceptors (Lipinski definition) is 4. The molecule has 2 rings (SSSR count). The first-order chi connectivity index (χ1) is 15.4. The average Bonchev–Trinajstić information content (AvgIpc) is 2.77. The number of halogens is 1. The summed E-state index contributed by atoms with van der Waals surface area (Å²) in [6.07, 6.45) is 5.56. The van der Waals surface area contributed by atoms with Crippen LogP contribution in [0.3, 0.4) is 0 Å². The van der Waals surface area contributed by atoms with Crippen LogP contribution in [-0.4, -0.2) is 53.3 Å². The Morgan fingerprint density at radius 2 is 1.53 bits per heavy atom. The summed E-state index contributed by atoms with van der Waals surface area (Å²) in [7, 11) is 0. The van der Waals surface area contributed by atoms with Gasteiger partial charge < -0.3 is 19.8 Å². The summed E-state index contributed by atoms with van der Waals surface area (Å²) >= 11 is 3.61. The van der Waals surface area contributed by atoms with Gasteiger partial charge in [0.05, 0.1) is 6.61 Å². The molecule has 32 heavy (non-hydrogen) atoms. The Morgan fingerprint density at radius 1 is 0.906 bits per heavy atom. The van der Waals surface area contributed by atoms with Crippen molar-refractivity contribution in [2.24, 2.45) is 0 Å². The van der Waals surface area contributed by atoms with E-state index in [2.05, 4.69) is 83.2 Å². The van der Waals surface area contributed by atoms with Crippen molar-refractivity contribution in [1.29, 1.82) is 0 Å². The van der Waals surface area contributed by atoms with Crippen LogP contribution in [-0.2, 0) is 22.4 Å². The van der Waals surface area contributed by atoms with Gasteiger partial charge in [0, 0.05) is 11.0 Å². The molecule has 0 amide bonds. The number of carboxylic acid groups (broad SMARTS) is 2. The Morgan fingerprint density at radius 3 is 2.09 bits per heavy atom. The van der Waals surface area contributed by atoms with Crippen LogP contribution in [0.1, 0.15) is 44.2 Å². The zero-order valence-corrected chi connectivity index (χ0v) is 20.5. The first-order valence-corrected chi connectivity index (χ1v) is 11.8. The highest BCUT2D eigenvalue weighted by atomic mass is 79.9. The molecular weight excluding hydrogens is 474 g/mol. The van der Waals surface area contributed by atoms with E-state index in [0.717, 1.165) is 42.6 Å². The molecule has 0 atom stereocenters. The van der Waals surface area contributed by atoms with Gasteiger partial charge in [0.2, 0.25) is 0 Å². The second-order valence-electron chi connectivity index (χ2n) is 7.39. The quantitative estimate of drug-likeness (QED) is 0.300. The maximum absolute atomic E-state index is 9.10. The molecule has 0 spiro atoms. The molecule has 2 aromatic carbocycles. The van der Waals surface area contributed by atoms with Gasteiger partial charge in [-0.25, -0.2) is 9.59 Å². The Balaban J connectivity index is 0.000000751. The first-order valence-electron chi connectivity index (χ1n) is 11.0. The maximum Gasteiger partial charge on any atom is 0.414 e. The molecule has 6 nitrogen and oxygen atoms in total. The largest absolute Gasteiger partial charge is 0.493 e. The molecule has 7 heteroatoms. The smallest absolute Gasteiger partial charge is 0.414 e. The van der Waals surface area contributed by atoms with Crippen molar-refractivity contribution in [1.82, 2.24) is 4.90 Å². The van der Waals surface area contributed by atoms with Crippen molar-refractivity contribution in [3.63, 3.8) is 0 Å². The number of nitrogens with zero attached hydrogens (tertiary/aromatic N) is 1. The molecule has 0 heterocycles. The summed E-state index contributed by atoms with van der Waals surface area (Å²) in [6.45, 7) is 8.71. The molecule has 0 bridgehead atoms. The van der Waals surface area contributed by atoms with Crippen LogP contribution < -0.4 is 4.74 Å². The van der Waals surface area contributed by atoms with Crippen LogP contribution in [0.25, 0.3) is 0 Å². The second-order valence-corrected chi connectivity index (χ2v) is 8.31. The predicted octanol–water partition coefficient (Wildman–Crippen LogP) is 5.28. The molecule has 0 aromatic heterocycles. The van der Waals surface area contributed by atoms with Gasteiger partial charge in [0.25, 0.3) is 0 Å². The molecule has 0 aliphatic heterocycles. The molecule has 0 aliphatic carbocycles. The summed E-state index contributed by atoms with van der Waals surface area (Å²) in [6, 6.07) is 17.0. The highest BCUT2D eigenvalue weighted by Crippen LogP contribution is 2.24. The predicted molar refractivity (Wildman–Crippen MR) is 130 cm³/mol.